The number of hydrogen-bond donors (Lipinski definition) is 1. The van der Waals surface area contributed by atoms with Gasteiger partial charge in [0.25, 0.3) is 0 Å². The fourth-order valence-corrected chi connectivity index (χ4v) is 3.52. The van der Waals surface area contributed by atoms with Crippen molar-refractivity contribution in [3.05, 3.63) is 29.0 Å². The van der Waals surface area contributed by atoms with Gasteiger partial charge < -0.3 is 9.87 Å². The molecule has 1 fully saturated rings. The van der Waals surface area contributed by atoms with E-state index in [0.29, 0.717) is 17.9 Å². The van der Waals surface area contributed by atoms with Crippen LogP contribution in [0.4, 0.5) is 4.39 Å². The summed E-state index contributed by atoms with van der Waals surface area (Å²) in [6.45, 7) is 0.613. The fourth-order valence-electron chi connectivity index (χ4n) is 1.92. The van der Waals surface area contributed by atoms with Gasteiger partial charge in [0.1, 0.15) is 11.1 Å². The van der Waals surface area contributed by atoms with Crippen molar-refractivity contribution in [1.82, 2.24) is 5.32 Å². The highest BCUT2D eigenvalue weighted by Gasteiger charge is 2.29. The van der Waals surface area contributed by atoms with Gasteiger partial charge in [-0.1, -0.05) is 11.6 Å². The van der Waals surface area contributed by atoms with Crippen molar-refractivity contribution in [3.63, 3.8) is 0 Å². The van der Waals surface area contributed by atoms with Gasteiger partial charge in [-0.25, -0.2) is 4.39 Å². The lowest BCUT2D eigenvalue weighted by molar-refractivity contribution is -0.120. The van der Waals surface area contributed by atoms with E-state index in [1.165, 1.54) is 12.1 Å². The third-order valence-corrected chi connectivity index (χ3v) is 4.90. The summed E-state index contributed by atoms with van der Waals surface area (Å²) in [6, 6.07) is 4.12. The maximum Gasteiger partial charge on any atom is 0.225 e. The van der Waals surface area contributed by atoms with Gasteiger partial charge in [-0.3, -0.25) is 4.79 Å². The third-order valence-electron chi connectivity index (χ3n) is 2.86. The van der Waals surface area contributed by atoms with E-state index in [0.717, 1.165) is 6.42 Å². The average Bonchev–Trinajstić information content (AvgIpc) is 2.56. The van der Waals surface area contributed by atoms with Crippen molar-refractivity contribution in [1.29, 1.82) is 0 Å². The topological polar surface area (TPSA) is 52.2 Å². The third kappa shape index (κ3) is 3.16. The van der Waals surface area contributed by atoms with Gasteiger partial charge in [0.2, 0.25) is 5.91 Å². The zero-order valence-corrected chi connectivity index (χ0v) is 11.2. The van der Waals surface area contributed by atoms with Crippen LogP contribution in [0.3, 0.4) is 0 Å². The molecule has 0 radical (unpaired) electrons. The summed E-state index contributed by atoms with van der Waals surface area (Å²) in [5, 5.41) is 2.49. The molecule has 18 heavy (non-hydrogen) atoms. The molecule has 98 valence electrons. The Kier molecular flexibility index (Phi) is 4.48. The maximum atomic E-state index is 13.3. The van der Waals surface area contributed by atoms with Crippen LogP contribution < -0.4 is 5.32 Å². The van der Waals surface area contributed by atoms with Crippen molar-refractivity contribution >= 4 is 28.7 Å². The van der Waals surface area contributed by atoms with Crippen molar-refractivity contribution in [3.8, 4) is 0 Å². The molecule has 2 atom stereocenters. The van der Waals surface area contributed by atoms with Gasteiger partial charge in [0.15, 0.2) is 4.90 Å². The molecule has 6 heteroatoms. The molecule has 1 heterocycles. The summed E-state index contributed by atoms with van der Waals surface area (Å²) in [4.78, 5) is 11.8. The Hall–Kier alpha value is -0.780. The summed E-state index contributed by atoms with van der Waals surface area (Å²) in [7, 11) is 0. The van der Waals surface area contributed by atoms with Gasteiger partial charge in [-0.05, 0) is 36.2 Å². The number of nitrogens with one attached hydrogen (secondary N) is 1. The summed E-state index contributed by atoms with van der Waals surface area (Å²) < 4.78 is 25.6. The Morgan fingerprint density at radius 3 is 3.00 bits per heavy atom. The molecule has 0 spiro atoms. The van der Waals surface area contributed by atoms with Gasteiger partial charge in [0.05, 0.1) is 11.4 Å². The monoisotopic (exact) mass is 289 g/mol. The lowest BCUT2D eigenvalue weighted by atomic mass is 10.2. The van der Waals surface area contributed by atoms with Crippen LogP contribution in [0.25, 0.3) is 0 Å². The summed E-state index contributed by atoms with van der Waals surface area (Å²) in [5.41, 5.74) is 0. The zero-order chi connectivity index (χ0) is 13.1. The molecule has 2 rings (SSSR count). The molecule has 1 aliphatic heterocycles. The lowest BCUT2D eigenvalue weighted by Crippen LogP contribution is -2.27. The molecular weight excluding hydrogens is 277 g/mol. The van der Waals surface area contributed by atoms with Crippen molar-refractivity contribution < 1.29 is 13.7 Å². The van der Waals surface area contributed by atoms with Gasteiger partial charge in [0, 0.05) is 12.6 Å². The molecule has 1 amide bonds. The van der Waals surface area contributed by atoms with Crippen LogP contribution in [0.1, 0.15) is 19.3 Å². The van der Waals surface area contributed by atoms with Crippen LogP contribution in [-0.4, -0.2) is 22.3 Å². The van der Waals surface area contributed by atoms with E-state index in [1.807, 2.05) is 0 Å². The van der Waals surface area contributed by atoms with E-state index in [1.54, 1.807) is 6.07 Å². The first-order valence-electron chi connectivity index (χ1n) is 5.70. The average molecular weight is 290 g/mol. The van der Waals surface area contributed by atoms with Gasteiger partial charge in [-0.15, -0.1) is 0 Å². The molecule has 1 aromatic rings. The highest BCUT2D eigenvalue weighted by atomic mass is 35.5. The first kappa shape index (κ1) is 13.6. The van der Waals surface area contributed by atoms with Crippen LogP contribution in [0, 0.1) is 5.82 Å². The molecule has 1 saturated heterocycles. The summed E-state index contributed by atoms with van der Waals surface area (Å²) in [6.07, 6.45) is 1.70. The summed E-state index contributed by atoms with van der Waals surface area (Å²) >= 11 is 4.20. The molecule has 0 saturated carbocycles. The first-order valence-corrected chi connectivity index (χ1v) is 7.29. The largest absolute Gasteiger partial charge is 0.611 e. The van der Waals surface area contributed by atoms with Crippen LogP contribution in [-0.2, 0) is 16.0 Å². The SMILES string of the molecule is O=C1CC([S+]([O-])c2ccc(Cl)c(F)c2)CCCN1. The number of carbonyl (C=O) groups excluding carboxylic acids is 1. The molecule has 0 aromatic heterocycles. The van der Waals surface area contributed by atoms with E-state index >= 15 is 0 Å². The molecule has 1 aromatic carbocycles. The minimum absolute atomic E-state index is 0.00867. The van der Waals surface area contributed by atoms with Crippen molar-refractivity contribution in [2.75, 3.05) is 6.54 Å². The Morgan fingerprint density at radius 1 is 1.50 bits per heavy atom. The second-order valence-corrected chi connectivity index (χ2v) is 6.33. The lowest BCUT2D eigenvalue weighted by Gasteiger charge is -2.19. The van der Waals surface area contributed by atoms with E-state index < -0.39 is 17.0 Å². The zero-order valence-electron chi connectivity index (χ0n) is 9.62. The Balaban J connectivity index is 2.16. The Labute approximate surface area is 113 Å². The minimum Gasteiger partial charge on any atom is -0.611 e. The Bertz CT molecular complexity index is 458. The predicted molar refractivity (Wildman–Crippen MR) is 68.5 cm³/mol. The van der Waals surface area contributed by atoms with Crippen LogP contribution >= 0.6 is 11.6 Å². The van der Waals surface area contributed by atoms with E-state index in [4.69, 9.17) is 11.6 Å². The fraction of sp³-hybridized carbons (Fsp3) is 0.417. The number of amides is 1. The smallest absolute Gasteiger partial charge is 0.225 e. The Morgan fingerprint density at radius 2 is 2.28 bits per heavy atom. The number of hydrogen-bond acceptors (Lipinski definition) is 2. The molecule has 1 N–H and O–H groups in total. The van der Waals surface area contributed by atoms with E-state index in [-0.39, 0.29) is 22.6 Å². The molecular formula is C12H13ClFNO2S. The van der Waals surface area contributed by atoms with Crippen LogP contribution in [0.5, 0.6) is 0 Å². The molecule has 3 nitrogen and oxygen atoms in total. The van der Waals surface area contributed by atoms with Crippen LogP contribution in [0.15, 0.2) is 23.1 Å². The standard InChI is InChI=1S/C12H13ClFNO2S/c13-10-4-3-9(6-11(10)14)18(17)8-2-1-5-15-12(16)7-8/h3-4,6,8H,1-2,5,7H2,(H,15,16). The van der Waals surface area contributed by atoms with Gasteiger partial charge >= 0.3 is 0 Å². The van der Waals surface area contributed by atoms with Crippen molar-refractivity contribution in [2.45, 2.75) is 29.4 Å². The number of rotatable bonds is 2. The molecule has 2 unspecified atom stereocenters. The normalized spacial score (nSPS) is 22.2. The predicted octanol–water partition coefficient (Wildman–Crippen LogP) is 2.26. The highest BCUT2D eigenvalue weighted by Crippen LogP contribution is 2.26. The van der Waals surface area contributed by atoms with E-state index in [2.05, 4.69) is 5.32 Å². The minimum atomic E-state index is -1.38. The van der Waals surface area contributed by atoms with Crippen molar-refractivity contribution in [2.24, 2.45) is 0 Å². The number of halogens is 2. The highest BCUT2D eigenvalue weighted by molar-refractivity contribution is 7.92. The van der Waals surface area contributed by atoms with Crippen LogP contribution in [0.2, 0.25) is 5.02 Å². The second-order valence-electron chi connectivity index (χ2n) is 4.19. The van der Waals surface area contributed by atoms with Gasteiger partial charge in [-0.2, -0.15) is 0 Å². The second kappa shape index (κ2) is 5.91. The maximum absolute atomic E-state index is 13.3. The number of carbonyl (C=O) groups is 1. The quantitative estimate of drug-likeness (QED) is 0.849. The first-order chi connectivity index (χ1) is 8.58. The van der Waals surface area contributed by atoms with E-state index in [9.17, 15) is 13.7 Å². The molecule has 0 bridgehead atoms. The molecule has 0 aliphatic carbocycles. The number of benzene rings is 1. The summed E-state index contributed by atoms with van der Waals surface area (Å²) in [5.74, 6) is -0.680. The molecule has 1 aliphatic rings.